The third kappa shape index (κ3) is 4.83. The number of aliphatic hydroxyl groups excluding tert-OH is 1. The Balaban J connectivity index is 1.53. The quantitative estimate of drug-likeness (QED) is 0.606. The highest BCUT2D eigenvalue weighted by Crippen LogP contribution is 2.39. The van der Waals surface area contributed by atoms with Gasteiger partial charge in [-0.05, 0) is 62.0 Å². The average molecular weight is 344 g/mol. The van der Waals surface area contributed by atoms with Crippen LogP contribution in [0.3, 0.4) is 0 Å². The molecule has 1 aromatic carbocycles. The minimum atomic E-state index is -0.395. The second-order valence-electron chi connectivity index (χ2n) is 8.06. The van der Waals surface area contributed by atoms with Crippen molar-refractivity contribution in [2.75, 3.05) is 13.2 Å². The molecule has 0 radical (unpaired) electrons. The molecule has 2 fully saturated rings. The summed E-state index contributed by atoms with van der Waals surface area (Å²) in [6.45, 7) is 2.82. The lowest BCUT2D eigenvalue weighted by atomic mass is 9.90. The molecule has 0 bridgehead atoms. The topological polar surface area (TPSA) is 67.8 Å². The van der Waals surface area contributed by atoms with Gasteiger partial charge in [0.15, 0.2) is 0 Å². The van der Waals surface area contributed by atoms with E-state index >= 15 is 0 Å². The Bertz CT molecular complexity index is 578. The molecule has 1 aromatic rings. The molecule has 0 aromatic heterocycles. The second kappa shape index (κ2) is 8.33. The van der Waals surface area contributed by atoms with Crippen LogP contribution in [-0.4, -0.2) is 29.6 Å². The molecule has 0 heterocycles. The molecule has 0 spiro atoms. The summed E-state index contributed by atoms with van der Waals surface area (Å²) in [4.78, 5) is 5.60. The van der Waals surface area contributed by atoms with E-state index < -0.39 is 5.54 Å². The number of hydrogen-bond acceptors (Lipinski definition) is 4. The number of hydrogen-bond donors (Lipinski definition) is 2. The maximum Gasteiger partial charge on any atom is 0.120 e. The lowest BCUT2D eigenvalue weighted by molar-refractivity contribution is 0.0916. The zero-order chi connectivity index (χ0) is 17.7. The highest BCUT2D eigenvalue weighted by atomic mass is 16.6. The maximum atomic E-state index is 9.43. The van der Waals surface area contributed by atoms with Crippen LogP contribution in [0.25, 0.3) is 0 Å². The first-order valence-corrected chi connectivity index (χ1v) is 9.76. The predicted molar refractivity (Wildman–Crippen MR) is 102 cm³/mol. The van der Waals surface area contributed by atoms with Gasteiger partial charge < -0.3 is 15.7 Å². The molecule has 0 unspecified atom stereocenters. The summed E-state index contributed by atoms with van der Waals surface area (Å²) in [6, 6.07) is 8.58. The zero-order valence-corrected chi connectivity index (χ0v) is 15.4. The minimum absolute atomic E-state index is 0.0751. The fraction of sp³-hybridized carbons (Fsp3) is 0.667. The predicted octanol–water partition coefficient (Wildman–Crippen LogP) is 3.96. The van der Waals surface area contributed by atoms with E-state index in [2.05, 4.69) is 29.4 Å². The molecule has 0 aliphatic heterocycles. The fourth-order valence-electron chi connectivity index (χ4n) is 4.23. The van der Waals surface area contributed by atoms with Crippen LogP contribution in [-0.2, 0) is 4.84 Å². The summed E-state index contributed by atoms with van der Waals surface area (Å²) in [5, 5.41) is 13.7. The van der Waals surface area contributed by atoms with Gasteiger partial charge in [-0.3, -0.25) is 0 Å². The average Bonchev–Trinajstić information content (AvgIpc) is 3.06. The van der Waals surface area contributed by atoms with Gasteiger partial charge in [0.05, 0.1) is 12.3 Å². The Morgan fingerprint density at radius 2 is 1.92 bits per heavy atom. The zero-order valence-electron chi connectivity index (χ0n) is 15.4. The number of rotatable bonds is 6. The number of oxime groups is 1. The van der Waals surface area contributed by atoms with Gasteiger partial charge >= 0.3 is 0 Å². The van der Waals surface area contributed by atoms with Gasteiger partial charge in [0.25, 0.3) is 0 Å². The molecule has 3 rings (SSSR count). The van der Waals surface area contributed by atoms with Crippen LogP contribution >= 0.6 is 0 Å². The molecule has 2 aliphatic rings. The highest BCUT2D eigenvalue weighted by molar-refractivity contribution is 5.98. The smallest absolute Gasteiger partial charge is 0.120 e. The standard InChI is InChI=1S/C21H32N2O2/c1-16(23-25-14-17-5-3-2-4-6-17)18-7-9-19(10-8-18)20-11-12-21(22,13-20)15-24/h7-10,17,20,24H,2-6,11-15,22H2,1H3/t20-,21-/m1/s1. The molecule has 4 nitrogen and oxygen atoms in total. The highest BCUT2D eigenvalue weighted by Gasteiger charge is 2.35. The van der Waals surface area contributed by atoms with Gasteiger partial charge in [-0.2, -0.15) is 0 Å². The van der Waals surface area contributed by atoms with Gasteiger partial charge in [-0.25, -0.2) is 0 Å². The van der Waals surface area contributed by atoms with Gasteiger partial charge in [0, 0.05) is 5.54 Å². The lowest BCUT2D eigenvalue weighted by Crippen LogP contribution is -2.40. The van der Waals surface area contributed by atoms with Crippen LogP contribution in [0.15, 0.2) is 29.4 Å². The molecular formula is C21H32N2O2. The third-order valence-corrected chi connectivity index (χ3v) is 5.99. The molecular weight excluding hydrogens is 312 g/mol. The molecule has 25 heavy (non-hydrogen) atoms. The largest absolute Gasteiger partial charge is 0.395 e. The summed E-state index contributed by atoms with van der Waals surface area (Å²) < 4.78 is 0. The first-order valence-electron chi connectivity index (χ1n) is 9.76. The van der Waals surface area contributed by atoms with Crippen molar-refractivity contribution in [1.29, 1.82) is 0 Å². The fourth-order valence-corrected chi connectivity index (χ4v) is 4.23. The van der Waals surface area contributed by atoms with Crippen molar-refractivity contribution < 1.29 is 9.94 Å². The van der Waals surface area contributed by atoms with Gasteiger partial charge in [-0.1, -0.05) is 48.7 Å². The Morgan fingerprint density at radius 3 is 2.56 bits per heavy atom. The van der Waals surface area contributed by atoms with Crippen LogP contribution in [0, 0.1) is 5.92 Å². The second-order valence-corrected chi connectivity index (χ2v) is 8.06. The Labute approximate surface area is 151 Å². The lowest BCUT2D eigenvalue weighted by Gasteiger charge is -2.21. The molecule has 2 aliphatic carbocycles. The van der Waals surface area contributed by atoms with Crippen LogP contribution in [0.1, 0.15) is 75.3 Å². The molecule has 2 saturated carbocycles. The van der Waals surface area contributed by atoms with Crippen molar-refractivity contribution >= 4 is 5.71 Å². The van der Waals surface area contributed by atoms with Crippen molar-refractivity contribution in [2.45, 2.75) is 69.7 Å². The van der Waals surface area contributed by atoms with Crippen LogP contribution in [0.5, 0.6) is 0 Å². The van der Waals surface area contributed by atoms with Crippen molar-refractivity contribution in [3.8, 4) is 0 Å². The summed E-state index contributed by atoms with van der Waals surface area (Å²) in [5.74, 6) is 1.13. The normalized spacial score (nSPS) is 28.3. The number of nitrogens with two attached hydrogens (primary N) is 1. The number of nitrogens with zero attached hydrogens (tertiary/aromatic N) is 1. The minimum Gasteiger partial charge on any atom is -0.395 e. The van der Waals surface area contributed by atoms with Gasteiger partial charge in [0.2, 0.25) is 0 Å². The van der Waals surface area contributed by atoms with Gasteiger partial charge in [-0.15, -0.1) is 0 Å². The molecule has 138 valence electrons. The summed E-state index contributed by atoms with van der Waals surface area (Å²) in [5.41, 5.74) is 9.14. The van der Waals surface area contributed by atoms with Crippen LogP contribution in [0.4, 0.5) is 0 Å². The number of aliphatic hydroxyl groups is 1. The Hall–Kier alpha value is -1.39. The van der Waals surface area contributed by atoms with Crippen LogP contribution in [0.2, 0.25) is 0 Å². The van der Waals surface area contributed by atoms with E-state index in [9.17, 15) is 5.11 Å². The molecule has 0 saturated heterocycles. The van der Waals surface area contributed by atoms with Crippen molar-refractivity contribution in [2.24, 2.45) is 16.8 Å². The molecule has 0 amide bonds. The van der Waals surface area contributed by atoms with E-state index in [0.29, 0.717) is 11.8 Å². The first kappa shape index (κ1) is 18.4. The van der Waals surface area contributed by atoms with Crippen molar-refractivity contribution in [1.82, 2.24) is 0 Å². The van der Waals surface area contributed by atoms with E-state index in [0.717, 1.165) is 37.1 Å². The summed E-state index contributed by atoms with van der Waals surface area (Å²) >= 11 is 0. The monoisotopic (exact) mass is 344 g/mol. The molecule has 4 heteroatoms. The van der Waals surface area contributed by atoms with E-state index in [4.69, 9.17) is 10.6 Å². The summed E-state index contributed by atoms with van der Waals surface area (Å²) in [7, 11) is 0. The Kier molecular flexibility index (Phi) is 6.13. The SMILES string of the molecule is CC(=NOCC1CCCCC1)c1ccc([C@@H]2CC[C@](N)(CO)C2)cc1. The first-order chi connectivity index (χ1) is 12.1. The van der Waals surface area contributed by atoms with E-state index in [1.165, 1.54) is 37.7 Å². The Morgan fingerprint density at radius 1 is 1.20 bits per heavy atom. The summed E-state index contributed by atoms with van der Waals surface area (Å²) in [6.07, 6.45) is 9.40. The molecule has 2 atom stereocenters. The maximum absolute atomic E-state index is 9.43. The van der Waals surface area contributed by atoms with Crippen molar-refractivity contribution in [3.63, 3.8) is 0 Å². The van der Waals surface area contributed by atoms with Gasteiger partial charge in [0.1, 0.15) is 6.61 Å². The third-order valence-electron chi connectivity index (χ3n) is 5.99. The van der Waals surface area contributed by atoms with Crippen LogP contribution < -0.4 is 5.73 Å². The molecule has 3 N–H and O–H groups in total. The van der Waals surface area contributed by atoms with E-state index in [1.807, 2.05) is 6.92 Å². The van der Waals surface area contributed by atoms with E-state index in [-0.39, 0.29) is 6.61 Å². The van der Waals surface area contributed by atoms with Crippen molar-refractivity contribution in [3.05, 3.63) is 35.4 Å². The van der Waals surface area contributed by atoms with E-state index in [1.54, 1.807) is 0 Å². The number of benzene rings is 1.